The van der Waals surface area contributed by atoms with Gasteiger partial charge in [-0.25, -0.2) is 9.78 Å². The maximum absolute atomic E-state index is 12.5. The van der Waals surface area contributed by atoms with Crippen molar-refractivity contribution >= 4 is 6.09 Å². The van der Waals surface area contributed by atoms with Crippen LogP contribution in [0.1, 0.15) is 45.6 Å². The van der Waals surface area contributed by atoms with Crippen molar-refractivity contribution in [3.05, 3.63) is 23.9 Å². The molecule has 6 nitrogen and oxygen atoms in total. The van der Waals surface area contributed by atoms with E-state index >= 15 is 0 Å². The van der Waals surface area contributed by atoms with Crippen molar-refractivity contribution in [1.82, 2.24) is 15.2 Å². The molecule has 1 aliphatic heterocycles. The molecule has 0 bridgehead atoms. The Morgan fingerprint density at radius 1 is 1.25 bits per heavy atom. The summed E-state index contributed by atoms with van der Waals surface area (Å²) in [6.45, 7) is 8.51. The molecule has 0 aliphatic carbocycles. The lowest BCUT2D eigenvalue weighted by atomic mass is 10.1. The highest BCUT2D eigenvalue weighted by atomic mass is 19.4. The minimum absolute atomic E-state index is 0.0552. The summed E-state index contributed by atoms with van der Waals surface area (Å²) >= 11 is 0. The first kappa shape index (κ1) is 22.3. The number of hydrogen-bond acceptors (Lipinski definition) is 5. The molecule has 1 amide bonds. The highest BCUT2D eigenvalue weighted by molar-refractivity contribution is 5.67. The van der Waals surface area contributed by atoms with Gasteiger partial charge in [0.15, 0.2) is 0 Å². The summed E-state index contributed by atoms with van der Waals surface area (Å²) in [7, 11) is 0. The molecular formula is C19H28F3N3O3. The van der Waals surface area contributed by atoms with Gasteiger partial charge in [0, 0.05) is 31.9 Å². The first-order valence-corrected chi connectivity index (χ1v) is 9.42. The molecule has 0 radical (unpaired) electrons. The van der Waals surface area contributed by atoms with Crippen LogP contribution in [0.3, 0.4) is 0 Å². The topological polar surface area (TPSA) is 63.7 Å². The number of rotatable bonds is 6. The first-order valence-electron chi connectivity index (χ1n) is 9.42. The van der Waals surface area contributed by atoms with Crippen LogP contribution in [-0.2, 0) is 10.9 Å². The quantitative estimate of drug-likeness (QED) is 0.731. The lowest BCUT2D eigenvalue weighted by molar-refractivity contribution is -0.137. The number of hydrogen-bond donors (Lipinski definition) is 1. The molecule has 28 heavy (non-hydrogen) atoms. The second kappa shape index (κ2) is 9.45. The van der Waals surface area contributed by atoms with E-state index in [0.717, 1.165) is 51.2 Å². The van der Waals surface area contributed by atoms with Crippen LogP contribution in [0.15, 0.2) is 18.3 Å². The van der Waals surface area contributed by atoms with Crippen LogP contribution >= 0.6 is 0 Å². The molecule has 0 saturated carbocycles. The lowest BCUT2D eigenvalue weighted by Crippen LogP contribution is -2.40. The van der Waals surface area contributed by atoms with E-state index in [-0.39, 0.29) is 12.0 Å². The fraction of sp³-hybridized carbons (Fsp3) is 0.684. The predicted octanol–water partition coefficient (Wildman–Crippen LogP) is 3.86. The molecule has 1 aromatic rings. The van der Waals surface area contributed by atoms with E-state index < -0.39 is 23.4 Å². The van der Waals surface area contributed by atoms with E-state index in [1.54, 1.807) is 0 Å². The molecule has 0 unspecified atom stereocenters. The van der Waals surface area contributed by atoms with Gasteiger partial charge in [-0.1, -0.05) is 0 Å². The molecule has 1 saturated heterocycles. The van der Waals surface area contributed by atoms with Crippen molar-refractivity contribution in [1.29, 1.82) is 0 Å². The molecular weight excluding hydrogens is 375 g/mol. The Morgan fingerprint density at radius 2 is 1.93 bits per heavy atom. The van der Waals surface area contributed by atoms with Gasteiger partial charge in [0.1, 0.15) is 11.7 Å². The van der Waals surface area contributed by atoms with Crippen LogP contribution < -0.4 is 10.1 Å². The minimum Gasteiger partial charge on any atom is -0.474 e. The number of aromatic nitrogens is 1. The second-order valence-corrected chi connectivity index (χ2v) is 7.82. The summed E-state index contributed by atoms with van der Waals surface area (Å²) in [5.41, 5.74) is -1.29. The van der Waals surface area contributed by atoms with E-state index in [2.05, 4.69) is 15.2 Å². The summed E-state index contributed by atoms with van der Waals surface area (Å²) in [6, 6.07) is 2.24. The van der Waals surface area contributed by atoms with Gasteiger partial charge in [-0.15, -0.1) is 0 Å². The van der Waals surface area contributed by atoms with E-state index in [1.165, 1.54) is 6.07 Å². The monoisotopic (exact) mass is 403 g/mol. The fourth-order valence-electron chi connectivity index (χ4n) is 2.85. The smallest absolute Gasteiger partial charge is 0.417 e. The van der Waals surface area contributed by atoms with Gasteiger partial charge >= 0.3 is 12.3 Å². The molecule has 9 heteroatoms. The third-order valence-corrected chi connectivity index (χ3v) is 4.21. The molecule has 1 fully saturated rings. The third-order valence-electron chi connectivity index (χ3n) is 4.21. The first-order chi connectivity index (χ1) is 13.0. The summed E-state index contributed by atoms with van der Waals surface area (Å²) < 4.78 is 48.5. The van der Waals surface area contributed by atoms with Crippen molar-refractivity contribution in [2.24, 2.45) is 0 Å². The average Bonchev–Trinajstić information content (AvgIpc) is 2.58. The number of alkyl halides is 3. The van der Waals surface area contributed by atoms with Gasteiger partial charge in [0.25, 0.3) is 0 Å². The van der Waals surface area contributed by atoms with E-state index in [9.17, 15) is 18.0 Å². The summed E-state index contributed by atoms with van der Waals surface area (Å²) in [5, 5.41) is 2.73. The standard InChI is InChI=1S/C19H28F3N3O3/c1-18(2,3)28-17(26)23-9-4-10-25-11-7-15(8-12-25)27-16-6-5-14(13-24-16)19(20,21)22/h5-6,13,15H,4,7-12H2,1-3H3,(H,23,26). The van der Waals surface area contributed by atoms with Gasteiger partial charge in [-0.3, -0.25) is 0 Å². The summed E-state index contributed by atoms with van der Waals surface area (Å²) in [5.74, 6) is 0.216. The van der Waals surface area contributed by atoms with Crippen LogP contribution in [-0.4, -0.2) is 53.9 Å². The van der Waals surface area contributed by atoms with Gasteiger partial charge in [-0.2, -0.15) is 13.2 Å². The van der Waals surface area contributed by atoms with Gasteiger partial charge in [0.05, 0.1) is 5.56 Å². The largest absolute Gasteiger partial charge is 0.474 e. The van der Waals surface area contributed by atoms with Crippen molar-refractivity contribution in [2.75, 3.05) is 26.2 Å². The Labute approximate surface area is 163 Å². The van der Waals surface area contributed by atoms with Gasteiger partial charge < -0.3 is 19.7 Å². The fourth-order valence-corrected chi connectivity index (χ4v) is 2.85. The maximum Gasteiger partial charge on any atom is 0.417 e. The number of carbonyl (C=O) groups excluding carboxylic acids is 1. The number of nitrogens with zero attached hydrogens (tertiary/aromatic N) is 2. The third kappa shape index (κ3) is 7.92. The number of ether oxygens (including phenoxy) is 2. The van der Waals surface area contributed by atoms with Crippen LogP contribution in [0.4, 0.5) is 18.0 Å². The van der Waals surface area contributed by atoms with E-state index in [0.29, 0.717) is 6.54 Å². The van der Waals surface area contributed by atoms with Gasteiger partial charge in [-0.05, 0) is 52.6 Å². The highest BCUT2D eigenvalue weighted by Crippen LogP contribution is 2.29. The zero-order valence-corrected chi connectivity index (χ0v) is 16.5. The predicted molar refractivity (Wildman–Crippen MR) is 98.2 cm³/mol. The Balaban J connectivity index is 1.63. The second-order valence-electron chi connectivity index (χ2n) is 7.82. The summed E-state index contributed by atoms with van der Waals surface area (Å²) in [6.07, 6.45) is -1.70. The number of piperidine rings is 1. The van der Waals surface area contributed by atoms with E-state index in [1.807, 2.05) is 20.8 Å². The van der Waals surface area contributed by atoms with Crippen LogP contribution in [0.5, 0.6) is 5.88 Å². The normalized spacial score (nSPS) is 16.6. The molecule has 2 rings (SSSR count). The Hall–Kier alpha value is -2.03. The minimum atomic E-state index is -4.39. The number of likely N-dealkylation sites (tertiary alicyclic amines) is 1. The zero-order valence-electron chi connectivity index (χ0n) is 16.5. The number of pyridine rings is 1. The SMILES string of the molecule is CC(C)(C)OC(=O)NCCCN1CCC(Oc2ccc(C(F)(F)F)cn2)CC1. The molecule has 0 atom stereocenters. The van der Waals surface area contributed by atoms with Crippen LogP contribution in [0.25, 0.3) is 0 Å². The van der Waals surface area contributed by atoms with Crippen molar-refractivity contribution in [3.8, 4) is 5.88 Å². The van der Waals surface area contributed by atoms with Crippen LogP contribution in [0, 0.1) is 0 Å². The number of amides is 1. The number of carbonyl (C=O) groups is 1. The van der Waals surface area contributed by atoms with Crippen molar-refractivity contribution in [2.45, 2.75) is 57.9 Å². The maximum atomic E-state index is 12.5. The Morgan fingerprint density at radius 3 is 2.46 bits per heavy atom. The average molecular weight is 403 g/mol. The molecule has 1 N–H and O–H groups in total. The zero-order chi connectivity index (χ0) is 20.8. The van der Waals surface area contributed by atoms with Crippen LogP contribution in [0.2, 0.25) is 0 Å². The van der Waals surface area contributed by atoms with E-state index in [4.69, 9.17) is 9.47 Å². The van der Waals surface area contributed by atoms with Crippen molar-refractivity contribution in [3.63, 3.8) is 0 Å². The molecule has 1 aromatic heterocycles. The summed E-state index contributed by atoms with van der Waals surface area (Å²) in [4.78, 5) is 17.6. The lowest BCUT2D eigenvalue weighted by Gasteiger charge is -2.31. The Bertz CT molecular complexity index is 622. The molecule has 1 aliphatic rings. The number of nitrogens with one attached hydrogen (secondary N) is 1. The highest BCUT2D eigenvalue weighted by Gasteiger charge is 2.31. The number of halogens is 3. The molecule has 2 heterocycles. The molecule has 158 valence electrons. The number of alkyl carbamates (subject to hydrolysis) is 1. The Kier molecular flexibility index (Phi) is 7.51. The molecule has 0 spiro atoms. The molecule has 0 aromatic carbocycles. The van der Waals surface area contributed by atoms with Gasteiger partial charge in [0.2, 0.25) is 5.88 Å². The van der Waals surface area contributed by atoms with Crippen molar-refractivity contribution < 1.29 is 27.4 Å².